The summed E-state index contributed by atoms with van der Waals surface area (Å²) in [5.74, 6) is 4.04. The molecule has 0 radical (unpaired) electrons. The molecule has 0 atom stereocenters. The van der Waals surface area contributed by atoms with E-state index in [2.05, 4.69) is 15.2 Å². The molecule has 1 aliphatic heterocycles. The second-order valence-corrected chi connectivity index (χ2v) is 6.75. The lowest BCUT2D eigenvalue weighted by Gasteiger charge is -2.18. The van der Waals surface area contributed by atoms with E-state index in [1.807, 2.05) is 48.5 Å². The van der Waals surface area contributed by atoms with Gasteiger partial charge in [-0.15, -0.1) is 5.10 Å². The van der Waals surface area contributed by atoms with E-state index in [1.165, 1.54) is 0 Å². The van der Waals surface area contributed by atoms with Crippen LogP contribution in [0, 0.1) is 0 Å². The summed E-state index contributed by atoms with van der Waals surface area (Å²) in [5.41, 5.74) is 0.931. The SMILES string of the molecule is c1ccc(OCCCSc2n[nH]c(-c3ccc4c(c3)OCCO4)n2)cc1. The number of hydrogen-bond donors (Lipinski definition) is 1. The monoisotopic (exact) mass is 369 g/mol. The predicted molar refractivity (Wildman–Crippen MR) is 100 cm³/mol. The van der Waals surface area contributed by atoms with Gasteiger partial charge in [-0.2, -0.15) is 0 Å². The summed E-state index contributed by atoms with van der Waals surface area (Å²) in [5, 5.41) is 7.99. The van der Waals surface area contributed by atoms with Crippen LogP contribution in [-0.4, -0.2) is 40.8 Å². The van der Waals surface area contributed by atoms with E-state index in [9.17, 15) is 0 Å². The van der Waals surface area contributed by atoms with Crippen LogP contribution in [0.25, 0.3) is 11.4 Å². The Morgan fingerprint density at radius 3 is 2.77 bits per heavy atom. The predicted octanol–water partition coefficient (Wildman–Crippen LogP) is 3.80. The number of nitrogens with zero attached hydrogens (tertiary/aromatic N) is 2. The van der Waals surface area contributed by atoms with Crippen molar-refractivity contribution in [3.8, 4) is 28.6 Å². The van der Waals surface area contributed by atoms with Crippen molar-refractivity contribution >= 4 is 11.8 Å². The zero-order chi connectivity index (χ0) is 17.6. The van der Waals surface area contributed by atoms with E-state index in [1.54, 1.807) is 11.8 Å². The van der Waals surface area contributed by atoms with Crippen molar-refractivity contribution in [2.45, 2.75) is 11.6 Å². The topological polar surface area (TPSA) is 69.3 Å². The zero-order valence-corrected chi connectivity index (χ0v) is 15.0. The Morgan fingerprint density at radius 2 is 1.88 bits per heavy atom. The highest BCUT2D eigenvalue weighted by atomic mass is 32.2. The van der Waals surface area contributed by atoms with E-state index in [-0.39, 0.29) is 0 Å². The highest BCUT2D eigenvalue weighted by molar-refractivity contribution is 7.99. The molecule has 2 heterocycles. The quantitative estimate of drug-likeness (QED) is 0.505. The number of aromatic nitrogens is 3. The highest BCUT2D eigenvalue weighted by Crippen LogP contribution is 2.33. The summed E-state index contributed by atoms with van der Waals surface area (Å²) in [6, 6.07) is 15.6. The molecule has 0 bridgehead atoms. The first kappa shape index (κ1) is 16.8. The molecule has 0 saturated heterocycles. The van der Waals surface area contributed by atoms with Crippen molar-refractivity contribution in [2.75, 3.05) is 25.6 Å². The lowest BCUT2D eigenvalue weighted by molar-refractivity contribution is 0.171. The fourth-order valence-corrected chi connectivity index (χ4v) is 3.27. The average Bonchev–Trinajstić information content (AvgIpc) is 3.17. The van der Waals surface area contributed by atoms with Gasteiger partial charge in [0.25, 0.3) is 0 Å². The number of aromatic amines is 1. The van der Waals surface area contributed by atoms with Gasteiger partial charge in [0.05, 0.1) is 6.61 Å². The summed E-state index contributed by atoms with van der Waals surface area (Å²) < 4.78 is 16.8. The molecule has 0 saturated carbocycles. The van der Waals surface area contributed by atoms with Gasteiger partial charge in [-0.25, -0.2) is 4.98 Å². The molecule has 0 amide bonds. The number of hydrogen-bond acceptors (Lipinski definition) is 6. The first-order valence-corrected chi connectivity index (χ1v) is 9.50. The highest BCUT2D eigenvalue weighted by Gasteiger charge is 2.14. The van der Waals surface area contributed by atoms with Gasteiger partial charge in [-0.1, -0.05) is 30.0 Å². The van der Waals surface area contributed by atoms with Gasteiger partial charge >= 0.3 is 0 Å². The minimum atomic E-state index is 0.568. The minimum Gasteiger partial charge on any atom is -0.494 e. The van der Waals surface area contributed by atoms with Crippen molar-refractivity contribution in [1.29, 1.82) is 0 Å². The molecule has 134 valence electrons. The largest absolute Gasteiger partial charge is 0.494 e. The van der Waals surface area contributed by atoms with Gasteiger partial charge in [0, 0.05) is 11.3 Å². The summed E-state index contributed by atoms with van der Waals surface area (Å²) in [4.78, 5) is 4.54. The molecule has 4 rings (SSSR count). The third-order valence-corrected chi connectivity index (χ3v) is 4.75. The van der Waals surface area contributed by atoms with Crippen molar-refractivity contribution < 1.29 is 14.2 Å². The lowest BCUT2D eigenvalue weighted by Crippen LogP contribution is -2.15. The van der Waals surface area contributed by atoms with E-state index < -0.39 is 0 Å². The number of nitrogens with one attached hydrogen (secondary N) is 1. The Kier molecular flexibility index (Phi) is 5.25. The third kappa shape index (κ3) is 4.11. The van der Waals surface area contributed by atoms with Crippen molar-refractivity contribution in [3.05, 3.63) is 48.5 Å². The first-order chi connectivity index (χ1) is 12.9. The fraction of sp³-hybridized carbons (Fsp3) is 0.263. The van der Waals surface area contributed by atoms with Crippen LogP contribution < -0.4 is 14.2 Å². The molecule has 0 aliphatic carbocycles. The molecular formula is C19H19N3O3S. The molecule has 0 spiro atoms. The average molecular weight is 369 g/mol. The number of para-hydroxylation sites is 1. The maximum atomic E-state index is 5.68. The van der Waals surface area contributed by atoms with Crippen LogP contribution in [0.5, 0.6) is 17.2 Å². The molecule has 26 heavy (non-hydrogen) atoms. The van der Waals surface area contributed by atoms with Gasteiger partial charge in [0.15, 0.2) is 17.3 Å². The molecule has 1 aliphatic rings. The number of thioether (sulfide) groups is 1. The third-order valence-electron chi connectivity index (χ3n) is 3.81. The van der Waals surface area contributed by atoms with Crippen molar-refractivity contribution in [2.24, 2.45) is 0 Å². The van der Waals surface area contributed by atoms with Gasteiger partial charge < -0.3 is 14.2 Å². The normalized spacial score (nSPS) is 12.8. The maximum absolute atomic E-state index is 5.68. The van der Waals surface area contributed by atoms with Gasteiger partial charge in [-0.05, 0) is 36.8 Å². The zero-order valence-electron chi connectivity index (χ0n) is 14.2. The van der Waals surface area contributed by atoms with Crippen LogP contribution in [0.15, 0.2) is 53.7 Å². The van der Waals surface area contributed by atoms with E-state index >= 15 is 0 Å². The van der Waals surface area contributed by atoms with Gasteiger partial charge in [0.2, 0.25) is 5.16 Å². The van der Waals surface area contributed by atoms with Gasteiger partial charge in [0.1, 0.15) is 19.0 Å². The van der Waals surface area contributed by atoms with E-state index in [0.717, 1.165) is 46.0 Å². The number of rotatable bonds is 7. The van der Waals surface area contributed by atoms with Crippen LogP contribution in [0.1, 0.15) is 6.42 Å². The Hall–Kier alpha value is -2.67. The molecule has 1 N–H and O–H groups in total. The molecule has 0 unspecified atom stereocenters. The van der Waals surface area contributed by atoms with Crippen molar-refractivity contribution in [1.82, 2.24) is 15.2 Å². The maximum Gasteiger partial charge on any atom is 0.208 e. The molecule has 7 heteroatoms. The first-order valence-electron chi connectivity index (χ1n) is 8.51. The smallest absolute Gasteiger partial charge is 0.208 e. The minimum absolute atomic E-state index is 0.568. The summed E-state index contributed by atoms with van der Waals surface area (Å²) in [7, 11) is 0. The Bertz CT molecular complexity index is 854. The summed E-state index contributed by atoms with van der Waals surface area (Å²) >= 11 is 1.61. The Balaban J connectivity index is 1.28. The molecule has 1 aromatic heterocycles. The second kappa shape index (κ2) is 8.14. The number of H-pyrrole nitrogens is 1. The molecule has 3 aromatic rings. The van der Waals surface area contributed by atoms with Crippen LogP contribution in [-0.2, 0) is 0 Å². The number of benzene rings is 2. The number of fused-ring (bicyclic) bond motifs is 1. The van der Waals surface area contributed by atoms with Crippen molar-refractivity contribution in [3.63, 3.8) is 0 Å². The van der Waals surface area contributed by atoms with Crippen LogP contribution in [0.4, 0.5) is 0 Å². The summed E-state index contributed by atoms with van der Waals surface area (Å²) in [6.07, 6.45) is 0.924. The van der Waals surface area contributed by atoms with E-state index in [0.29, 0.717) is 19.8 Å². The summed E-state index contributed by atoms with van der Waals surface area (Å²) in [6.45, 7) is 1.83. The Morgan fingerprint density at radius 1 is 1.04 bits per heavy atom. The molecule has 6 nitrogen and oxygen atoms in total. The standard InChI is InChI=1S/C19H19N3O3S/c1-2-5-15(6-3-1)23-9-4-12-26-19-20-18(21-22-19)14-7-8-16-17(13-14)25-11-10-24-16/h1-3,5-8,13H,4,9-12H2,(H,20,21,22). The van der Waals surface area contributed by atoms with Crippen LogP contribution >= 0.6 is 11.8 Å². The molecular weight excluding hydrogens is 350 g/mol. The fourth-order valence-electron chi connectivity index (χ4n) is 2.56. The van der Waals surface area contributed by atoms with Crippen LogP contribution in [0.2, 0.25) is 0 Å². The second-order valence-electron chi connectivity index (χ2n) is 5.69. The molecule has 0 fully saturated rings. The Labute approximate surface area is 155 Å². The van der Waals surface area contributed by atoms with Crippen LogP contribution in [0.3, 0.4) is 0 Å². The van der Waals surface area contributed by atoms with E-state index in [4.69, 9.17) is 14.2 Å². The lowest BCUT2D eigenvalue weighted by atomic mass is 10.2. The molecule has 2 aromatic carbocycles. The number of ether oxygens (including phenoxy) is 3. The van der Waals surface area contributed by atoms with Gasteiger partial charge in [-0.3, -0.25) is 5.10 Å².